The number of hydrogen-bond acceptors (Lipinski definition) is 20. The first-order valence-electron chi connectivity index (χ1n) is 36.6. The number of fused-ring (bicyclic) bond motifs is 6. The summed E-state index contributed by atoms with van der Waals surface area (Å²) in [6, 6.07) is 76.6. The van der Waals surface area contributed by atoms with Gasteiger partial charge in [-0.1, -0.05) is 181 Å². The number of benzene rings is 8. The van der Waals surface area contributed by atoms with E-state index in [9.17, 15) is 14.4 Å². The van der Waals surface area contributed by atoms with Crippen molar-refractivity contribution < 1.29 is 23.9 Å². The molecule has 0 aliphatic carbocycles. The fraction of sp³-hybridized carbons (Fsp3) is 0.182. The fourth-order valence-corrected chi connectivity index (χ4v) is 14.0. The number of methoxy groups -OCH3 is 2. The molecule has 0 bridgehead atoms. The van der Waals surface area contributed by atoms with E-state index < -0.39 is 0 Å². The number of halogens is 1. The van der Waals surface area contributed by atoms with Crippen LogP contribution in [0.5, 0.6) is 11.5 Å². The minimum atomic E-state index is -0.193. The van der Waals surface area contributed by atoms with E-state index in [0.29, 0.717) is 78.9 Å². The minimum absolute atomic E-state index is 0.0349. The molecule has 0 unspecified atom stereocenters. The van der Waals surface area contributed by atoms with Crippen LogP contribution in [0.3, 0.4) is 0 Å². The highest BCUT2D eigenvalue weighted by atomic mass is 35.5. The number of aromatic nitrogens is 9. The molecule has 8 aromatic carbocycles. The van der Waals surface area contributed by atoms with E-state index in [1.54, 1.807) is 50.1 Å². The highest BCUT2D eigenvalue weighted by Gasteiger charge is 2.35. The average molecular weight is 1510 g/mol. The number of pyridine rings is 3. The van der Waals surface area contributed by atoms with Gasteiger partial charge in [-0.3, -0.25) is 14.4 Å². The number of anilines is 5. The van der Waals surface area contributed by atoms with E-state index in [0.717, 1.165) is 106 Å². The van der Waals surface area contributed by atoms with E-state index in [4.69, 9.17) is 41.8 Å². The van der Waals surface area contributed by atoms with Crippen LogP contribution < -0.4 is 41.0 Å². The van der Waals surface area contributed by atoms with E-state index >= 15 is 0 Å². The Balaban J connectivity index is 0.000000129. The SMILES string of the molecule is COc1ccc(CN2CN(C)C(=O)c3c(Cl)ncnc32)cc1.COc1ccc(CN2CN(C)C(=O)c3c(N[C@@H](C)c4cc5ccccc5nc4-c4ccccc4)ncnc32)cc1.C[C@H](N)c1cc2ccccc2nc1-c1ccccc1.C[C@H](Nc1ncnc2c1C(=O)N(C)CN2)c1cc2ccccc2nc1-c1ccccc1. The molecule has 0 fully saturated rings. The predicted octanol–water partition coefficient (Wildman–Crippen LogP) is 16.4. The molecule has 0 spiro atoms. The lowest BCUT2D eigenvalue weighted by atomic mass is 9.98. The third-order valence-corrected chi connectivity index (χ3v) is 19.9. The van der Waals surface area contributed by atoms with E-state index in [1.165, 1.54) is 19.0 Å². The summed E-state index contributed by atoms with van der Waals surface area (Å²) in [6.45, 7) is 8.62. The number of hydrogen-bond donors (Lipinski definition) is 4. The lowest BCUT2D eigenvalue weighted by molar-refractivity contribution is 0.0773. The summed E-state index contributed by atoms with van der Waals surface area (Å²) < 4.78 is 10.5. The van der Waals surface area contributed by atoms with Crippen LogP contribution in [0, 0.1) is 0 Å². The van der Waals surface area contributed by atoms with Gasteiger partial charge in [-0.05, 0) is 98.1 Å². The number of nitrogens with zero attached hydrogens (tertiary/aromatic N) is 14. The normalized spacial score (nSPS) is 13.7. The number of amides is 3. The van der Waals surface area contributed by atoms with Crippen LogP contribution in [-0.4, -0.2) is 133 Å². The second-order valence-corrected chi connectivity index (χ2v) is 27.8. The van der Waals surface area contributed by atoms with Crippen molar-refractivity contribution in [1.82, 2.24) is 59.6 Å². The zero-order valence-corrected chi connectivity index (χ0v) is 64.0. The average Bonchev–Trinajstić information content (AvgIpc) is 0.764. The summed E-state index contributed by atoms with van der Waals surface area (Å²) in [4.78, 5) is 88.0. The van der Waals surface area contributed by atoms with Crippen molar-refractivity contribution in [2.45, 2.75) is 52.0 Å². The van der Waals surface area contributed by atoms with Gasteiger partial charge in [0.15, 0.2) is 0 Å². The zero-order valence-electron chi connectivity index (χ0n) is 63.2. The zero-order chi connectivity index (χ0) is 77.9. The lowest BCUT2D eigenvalue weighted by Crippen LogP contribution is -2.45. The molecule has 112 heavy (non-hydrogen) atoms. The van der Waals surface area contributed by atoms with Gasteiger partial charge in [-0.15, -0.1) is 0 Å². The number of para-hydroxylation sites is 3. The molecule has 5 N–H and O–H groups in total. The Bertz CT molecular complexity index is 5720. The molecule has 23 nitrogen and oxygen atoms in total. The molecule has 3 amide bonds. The van der Waals surface area contributed by atoms with Gasteiger partial charge in [0.1, 0.15) is 81.4 Å². The molecule has 0 saturated heterocycles. The summed E-state index contributed by atoms with van der Waals surface area (Å²) in [7, 11) is 8.57. The molecule has 3 aliphatic heterocycles. The van der Waals surface area contributed by atoms with Crippen LogP contribution in [0.15, 0.2) is 250 Å². The van der Waals surface area contributed by atoms with Gasteiger partial charge >= 0.3 is 0 Å². The van der Waals surface area contributed by atoms with Crippen molar-refractivity contribution in [2.75, 3.05) is 81.1 Å². The maximum absolute atomic E-state index is 13.5. The fourth-order valence-electron chi connectivity index (χ4n) is 13.7. The Labute approximate surface area is 654 Å². The van der Waals surface area contributed by atoms with Crippen LogP contribution in [0.2, 0.25) is 5.15 Å². The molecule has 0 radical (unpaired) electrons. The van der Waals surface area contributed by atoms with Crippen molar-refractivity contribution in [3.63, 3.8) is 0 Å². The minimum Gasteiger partial charge on any atom is -0.497 e. The van der Waals surface area contributed by atoms with Crippen LogP contribution in [0.25, 0.3) is 66.5 Å². The quantitative estimate of drug-likeness (QED) is 0.0655. The van der Waals surface area contributed by atoms with E-state index in [2.05, 4.69) is 137 Å². The highest BCUT2D eigenvalue weighted by Crippen LogP contribution is 2.39. The summed E-state index contributed by atoms with van der Waals surface area (Å²) >= 11 is 6.07. The van der Waals surface area contributed by atoms with Gasteiger partial charge in [0.2, 0.25) is 0 Å². The molecular weight excluding hydrogens is 1420 g/mol. The second-order valence-electron chi connectivity index (χ2n) is 27.4. The lowest BCUT2D eigenvalue weighted by Gasteiger charge is -2.36. The Hall–Kier alpha value is -13.5. The molecule has 14 aromatic rings. The first-order valence-corrected chi connectivity index (χ1v) is 37.0. The van der Waals surface area contributed by atoms with Crippen LogP contribution in [0.4, 0.5) is 29.1 Å². The second kappa shape index (κ2) is 34.0. The van der Waals surface area contributed by atoms with Crippen molar-refractivity contribution >= 4 is 91.1 Å². The number of nitrogens with two attached hydrogens (primary N) is 1. The molecule has 17 rings (SSSR count). The van der Waals surface area contributed by atoms with Crippen molar-refractivity contribution in [1.29, 1.82) is 0 Å². The number of nitrogens with one attached hydrogen (secondary N) is 3. The molecular formula is C88H83ClN18O5. The van der Waals surface area contributed by atoms with Gasteiger partial charge in [-0.25, -0.2) is 44.9 Å². The summed E-state index contributed by atoms with van der Waals surface area (Å²) in [6.07, 6.45) is 4.36. The van der Waals surface area contributed by atoms with E-state index in [1.807, 2.05) is 170 Å². The molecule has 6 aromatic heterocycles. The molecule has 3 atom stereocenters. The largest absolute Gasteiger partial charge is 0.497 e. The predicted molar refractivity (Wildman–Crippen MR) is 442 cm³/mol. The molecule has 0 saturated carbocycles. The maximum atomic E-state index is 13.5. The topological polar surface area (TPSA) is 264 Å². The van der Waals surface area contributed by atoms with Crippen molar-refractivity contribution in [3.05, 3.63) is 299 Å². The molecule has 9 heterocycles. The standard InChI is InChI=1S/C32H30N6O2.C24H22N6O.C17H16N2.C15H15ClN4O2/c1-21(26-17-24-11-7-8-12-27(24)36-29(26)23-9-5-4-6-10-23)35-30-28-31(34-19-33-30)38(20-37(2)32(28)39)18-22-13-15-25(40-3)16-14-22;1-15(28-23-20-22(25-13-26-23)27-14-30(2)24(20)31)18-12-17-10-6-7-11-19(17)29-21(18)16-8-4-3-5-9-16;1-12(18)15-11-14-9-5-6-10-16(14)19-17(15)13-7-3-2-4-8-13;1-19-9-20(7-10-3-5-11(22-2)6-4-10)14-12(15(19)21)13(16)17-8-18-14/h4-17,19,21H,18,20H2,1-3H3,(H,33,34,35);3-13,15H,14H2,1-2H3,(H2,25,26,27,28);2-12H,18H2,1H3;3-6,8H,7,9H2,1-2H3/t21-;15-;12-;/m000./s1. The summed E-state index contributed by atoms with van der Waals surface area (Å²) in [5.41, 5.74) is 21.5. The molecule has 3 aliphatic rings. The Kier molecular flexibility index (Phi) is 22.8. The van der Waals surface area contributed by atoms with Gasteiger partial charge < -0.3 is 55.7 Å². The van der Waals surface area contributed by atoms with Gasteiger partial charge in [0.05, 0.1) is 79.9 Å². The van der Waals surface area contributed by atoms with E-state index in [-0.39, 0.29) is 41.0 Å². The number of carbonyl (C=O) groups excluding carboxylic acids is 3. The number of ether oxygens (including phenoxy) is 2. The molecule has 562 valence electrons. The van der Waals surface area contributed by atoms with Gasteiger partial charge in [0.25, 0.3) is 17.7 Å². The van der Waals surface area contributed by atoms with Crippen molar-refractivity contribution in [3.8, 4) is 45.3 Å². The van der Waals surface area contributed by atoms with Crippen LogP contribution >= 0.6 is 11.6 Å². The highest BCUT2D eigenvalue weighted by molar-refractivity contribution is 6.33. The first-order chi connectivity index (χ1) is 54.5. The van der Waals surface area contributed by atoms with Gasteiger partial charge in [-0.2, -0.15) is 0 Å². The third kappa shape index (κ3) is 16.6. The summed E-state index contributed by atoms with van der Waals surface area (Å²) in [5.74, 6) is 3.97. The third-order valence-electron chi connectivity index (χ3n) is 19.6. The van der Waals surface area contributed by atoms with Crippen molar-refractivity contribution in [2.24, 2.45) is 5.73 Å². The molecule has 24 heteroatoms. The maximum Gasteiger partial charge on any atom is 0.262 e. The Morgan fingerprint density at radius 2 is 0.804 bits per heavy atom. The Morgan fingerprint density at radius 1 is 0.438 bits per heavy atom. The monoisotopic (exact) mass is 1510 g/mol. The van der Waals surface area contributed by atoms with Crippen LogP contribution in [0.1, 0.15) is 97.8 Å². The van der Waals surface area contributed by atoms with Gasteiger partial charge in [0, 0.05) is 84.3 Å². The number of rotatable bonds is 16. The number of carbonyl (C=O) groups is 3. The smallest absolute Gasteiger partial charge is 0.262 e. The summed E-state index contributed by atoms with van der Waals surface area (Å²) in [5, 5.41) is 13.6. The first kappa shape index (κ1) is 75.3. The van der Waals surface area contributed by atoms with Crippen LogP contribution in [-0.2, 0) is 13.1 Å². The Morgan fingerprint density at radius 3 is 1.24 bits per heavy atom.